The lowest BCUT2D eigenvalue weighted by molar-refractivity contribution is -0.120. The third-order valence-corrected chi connectivity index (χ3v) is 4.77. The molecular formula is C21H27NO2S. The summed E-state index contributed by atoms with van der Waals surface area (Å²) < 4.78 is 5.65. The van der Waals surface area contributed by atoms with E-state index in [2.05, 4.69) is 36.5 Å². The number of hydrogen-bond donors (Lipinski definition) is 1. The van der Waals surface area contributed by atoms with Gasteiger partial charge in [-0.25, -0.2) is 0 Å². The largest absolute Gasteiger partial charge is 0.492 e. The normalized spacial score (nSPS) is 10.4. The summed E-state index contributed by atoms with van der Waals surface area (Å²) in [4.78, 5) is 11.8. The third-order valence-electron chi connectivity index (χ3n) is 3.74. The molecule has 1 N–H and O–H groups in total. The molecule has 2 rings (SSSR count). The van der Waals surface area contributed by atoms with Gasteiger partial charge in [0.15, 0.2) is 0 Å². The van der Waals surface area contributed by atoms with E-state index in [0.29, 0.717) is 19.6 Å². The van der Waals surface area contributed by atoms with E-state index in [1.807, 2.05) is 30.3 Å². The van der Waals surface area contributed by atoms with Crippen LogP contribution in [0.3, 0.4) is 0 Å². The van der Waals surface area contributed by atoms with E-state index in [1.165, 1.54) is 11.1 Å². The topological polar surface area (TPSA) is 38.3 Å². The minimum absolute atomic E-state index is 0.0856. The fourth-order valence-corrected chi connectivity index (χ4v) is 3.32. The Morgan fingerprint density at radius 3 is 2.52 bits per heavy atom. The molecule has 0 atom stereocenters. The van der Waals surface area contributed by atoms with Crippen molar-refractivity contribution in [1.29, 1.82) is 0 Å². The Kier molecular flexibility index (Phi) is 8.98. The van der Waals surface area contributed by atoms with Crippen molar-refractivity contribution in [3.05, 3.63) is 65.7 Å². The molecule has 0 aliphatic carbocycles. The predicted molar refractivity (Wildman–Crippen MR) is 106 cm³/mol. The predicted octanol–water partition coefficient (Wildman–Crippen LogP) is 4.46. The van der Waals surface area contributed by atoms with Crippen molar-refractivity contribution in [2.24, 2.45) is 0 Å². The van der Waals surface area contributed by atoms with Crippen LogP contribution in [-0.4, -0.2) is 24.8 Å². The summed E-state index contributed by atoms with van der Waals surface area (Å²) in [5.41, 5.74) is 2.63. The molecule has 0 aliphatic heterocycles. The fraction of sp³-hybridized carbons (Fsp3) is 0.381. The SMILES string of the molecule is CCCc1ccc(OCCNC(=O)CCSCc2ccccc2)cc1. The second-order valence-electron chi connectivity index (χ2n) is 5.88. The van der Waals surface area contributed by atoms with Gasteiger partial charge in [-0.3, -0.25) is 4.79 Å². The Morgan fingerprint density at radius 2 is 1.80 bits per heavy atom. The Bertz CT molecular complexity index is 614. The van der Waals surface area contributed by atoms with Crippen LogP contribution in [0.5, 0.6) is 5.75 Å². The van der Waals surface area contributed by atoms with Gasteiger partial charge >= 0.3 is 0 Å². The van der Waals surface area contributed by atoms with Crippen LogP contribution >= 0.6 is 11.8 Å². The average Bonchev–Trinajstić information content (AvgIpc) is 2.65. The van der Waals surface area contributed by atoms with Gasteiger partial charge in [-0.15, -0.1) is 0 Å². The quantitative estimate of drug-likeness (QED) is 0.604. The van der Waals surface area contributed by atoms with Gasteiger partial charge in [-0.05, 0) is 29.7 Å². The van der Waals surface area contributed by atoms with Crippen LogP contribution in [0, 0.1) is 0 Å². The van der Waals surface area contributed by atoms with Crippen LogP contribution in [-0.2, 0) is 17.0 Å². The standard InChI is InChI=1S/C21H27NO2S/c1-2-6-18-9-11-20(12-10-18)24-15-14-22-21(23)13-16-25-17-19-7-4-3-5-8-19/h3-5,7-12H,2,6,13-17H2,1H3,(H,22,23). The summed E-state index contributed by atoms with van der Waals surface area (Å²) in [5, 5.41) is 2.91. The van der Waals surface area contributed by atoms with E-state index < -0.39 is 0 Å². The summed E-state index contributed by atoms with van der Waals surface area (Å²) in [6, 6.07) is 18.5. The van der Waals surface area contributed by atoms with Gasteiger partial charge in [0.1, 0.15) is 12.4 Å². The summed E-state index contributed by atoms with van der Waals surface area (Å²) in [6.07, 6.45) is 2.79. The van der Waals surface area contributed by atoms with Crippen molar-refractivity contribution >= 4 is 17.7 Å². The number of carbonyl (C=O) groups is 1. The average molecular weight is 358 g/mol. The highest BCUT2D eigenvalue weighted by molar-refractivity contribution is 7.98. The number of aryl methyl sites for hydroxylation is 1. The van der Waals surface area contributed by atoms with E-state index in [-0.39, 0.29) is 5.91 Å². The van der Waals surface area contributed by atoms with Crippen molar-refractivity contribution in [2.45, 2.75) is 31.9 Å². The molecule has 0 spiro atoms. The first-order valence-electron chi connectivity index (χ1n) is 8.88. The molecular weight excluding hydrogens is 330 g/mol. The molecule has 2 aromatic rings. The summed E-state index contributed by atoms with van der Waals surface area (Å²) in [5.74, 6) is 2.72. The molecule has 2 aromatic carbocycles. The van der Waals surface area contributed by atoms with E-state index >= 15 is 0 Å². The van der Waals surface area contributed by atoms with Gasteiger partial charge in [0.05, 0.1) is 6.54 Å². The first-order valence-corrected chi connectivity index (χ1v) is 10.0. The monoisotopic (exact) mass is 357 g/mol. The van der Waals surface area contributed by atoms with Gasteiger partial charge < -0.3 is 10.1 Å². The number of thioether (sulfide) groups is 1. The van der Waals surface area contributed by atoms with Crippen LogP contribution in [0.4, 0.5) is 0 Å². The summed E-state index contributed by atoms with van der Waals surface area (Å²) in [7, 11) is 0. The molecule has 1 amide bonds. The highest BCUT2D eigenvalue weighted by atomic mass is 32.2. The molecule has 0 bridgehead atoms. The van der Waals surface area contributed by atoms with Crippen molar-refractivity contribution in [3.63, 3.8) is 0 Å². The number of carbonyl (C=O) groups excluding carboxylic acids is 1. The molecule has 0 aromatic heterocycles. The minimum Gasteiger partial charge on any atom is -0.492 e. The molecule has 25 heavy (non-hydrogen) atoms. The first-order chi connectivity index (χ1) is 12.3. The molecule has 0 radical (unpaired) electrons. The number of hydrogen-bond acceptors (Lipinski definition) is 3. The highest BCUT2D eigenvalue weighted by Gasteiger charge is 2.02. The zero-order chi connectivity index (χ0) is 17.7. The zero-order valence-corrected chi connectivity index (χ0v) is 15.7. The summed E-state index contributed by atoms with van der Waals surface area (Å²) >= 11 is 1.78. The van der Waals surface area contributed by atoms with Crippen LogP contribution < -0.4 is 10.1 Å². The maximum atomic E-state index is 11.8. The van der Waals surface area contributed by atoms with Crippen molar-refractivity contribution in [2.75, 3.05) is 18.9 Å². The Labute approximate surface area is 155 Å². The van der Waals surface area contributed by atoms with E-state index in [9.17, 15) is 4.79 Å². The van der Waals surface area contributed by atoms with Crippen LogP contribution in [0.1, 0.15) is 30.9 Å². The molecule has 0 aliphatic rings. The first kappa shape index (κ1) is 19.4. The lowest BCUT2D eigenvalue weighted by atomic mass is 10.1. The molecule has 4 heteroatoms. The lowest BCUT2D eigenvalue weighted by Crippen LogP contribution is -2.28. The van der Waals surface area contributed by atoms with Gasteiger partial charge in [-0.1, -0.05) is 55.8 Å². The van der Waals surface area contributed by atoms with Gasteiger partial charge in [0, 0.05) is 17.9 Å². The second kappa shape index (κ2) is 11.6. The molecule has 0 unspecified atom stereocenters. The number of rotatable bonds is 11. The van der Waals surface area contributed by atoms with Crippen LogP contribution in [0.15, 0.2) is 54.6 Å². The molecule has 134 valence electrons. The maximum Gasteiger partial charge on any atom is 0.220 e. The molecule has 0 saturated heterocycles. The third kappa shape index (κ3) is 8.12. The molecule has 0 saturated carbocycles. The smallest absolute Gasteiger partial charge is 0.220 e. The second-order valence-corrected chi connectivity index (χ2v) is 6.99. The maximum absolute atomic E-state index is 11.8. The van der Waals surface area contributed by atoms with E-state index in [4.69, 9.17) is 4.74 Å². The fourth-order valence-electron chi connectivity index (χ4n) is 2.42. The summed E-state index contributed by atoms with van der Waals surface area (Å²) in [6.45, 7) is 3.21. The Balaban J connectivity index is 1.51. The van der Waals surface area contributed by atoms with Crippen molar-refractivity contribution < 1.29 is 9.53 Å². The number of benzene rings is 2. The van der Waals surface area contributed by atoms with E-state index in [1.54, 1.807) is 11.8 Å². The molecule has 0 fully saturated rings. The Hall–Kier alpha value is -1.94. The number of ether oxygens (including phenoxy) is 1. The van der Waals surface area contributed by atoms with Gasteiger partial charge in [-0.2, -0.15) is 11.8 Å². The highest BCUT2D eigenvalue weighted by Crippen LogP contribution is 2.13. The molecule has 0 heterocycles. The van der Waals surface area contributed by atoms with Crippen molar-refractivity contribution in [1.82, 2.24) is 5.32 Å². The van der Waals surface area contributed by atoms with Crippen LogP contribution in [0.2, 0.25) is 0 Å². The van der Waals surface area contributed by atoms with Gasteiger partial charge in [0.25, 0.3) is 0 Å². The van der Waals surface area contributed by atoms with E-state index in [0.717, 1.165) is 30.1 Å². The van der Waals surface area contributed by atoms with Crippen LogP contribution in [0.25, 0.3) is 0 Å². The lowest BCUT2D eigenvalue weighted by Gasteiger charge is -2.08. The molecule has 3 nitrogen and oxygen atoms in total. The zero-order valence-electron chi connectivity index (χ0n) is 14.9. The van der Waals surface area contributed by atoms with Crippen molar-refractivity contribution in [3.8, 4) is 5.75 Å². The van der Waals surface area contributed by atoms with Gasteiger partial charge in [0.2, 0.25) is 5.91 Å². The number of nitrogens with one attached hydrogen (secondary N) is 1. The minimum atomic E-state index is 0.0856. The number of amides is 1. The Morgan fingerprint density at radius 1 is 1.04 bits per heavy atom.